The van der Waals surface area contributed by atoms with Crippen LogP contribution < -0.4 is 10.6 Å². The monoisotopic (exact) mass is 426 g/mol. The van der Waals surface area contributed by atoms with Gasteiger partial charge in [0.15, 0.2) is 0 Å². The Hall–Kier alpha value is -3.93. The summed E-state index contributed by atoms with van der Waals surface area (Å²) in [5.41, 5.74) is 5.06. The molecule has 6 heteroatoms. The molecule has 3 aromatic carbocycles. The molecule has 2 N–H and O–H groups in total. The number of anilines is 1. The van der Waals surface area contributed by atoms with Crippen LogP contribution in [0.25, 0.3) is 11.0 Å². The minimum atomic E-state index is -0.387. The molecule has 1 aromatic heterocycles. The van der Waals surface area contributed by atoms with E-state index in [1.807, 2.05) is 92.1 Å². The first-order valence-corrected chi connectivity index (χ1v) is 10.6. The number of hydrogen-bond donors (Lipinski definition) is 2. The molecule has 1 unspecified atom stereocenters. The van der Waals surface area contributed by atoms with Gasteiger partial charge in [0.2, 0.25) is 5.91 Å². The molecule has 0 aliphatic rings. The third-order valence-electron chi connectivity index (χ3n) is 5.30. The zero-order chi connectivity index (χ0) is 22.7. The van der Waals surface area contributed by atoms with Gasteiger partial charge in [0.1, 0.15) is 12.4 Å². The van der Waals surface area contributed by atoms with Gasteiger partial charge in [-0.1, -0.05) is 42.0 Å². The number of imidazole rings is 1. The van der Waals surface area contributed by atoms with E-state index in [0.29, 0.717) is 11.4 Å². The summed E-state index contributed by atoms with van der Waals surface area (Å²) in [6.07, 6.45) is 0. The van der Waals surface area contributed by atoms with Gasteiger partial charge in [-0.3, -0.25) is 9.59 Å². The lowest BCUT2D eigenvalue weighted by Gasteiger charge is -2.17. The molecule has 1 heterocycles. The molecule has 162 valence electrons. The summed E-state index contributed by atoms with van der Waals surface area (Å²) in [4.78, 5) is 30.3. The number of nitrogens with zero attached hydrogens (tertiary/aromatic N) is 2. The maximum absolute atomic E-state index is 12.8. The van der Waals surface area contributed by atoms with E-state index in [2.05, 4.69) is 10.6 Å². The van der Waals surface area contributed by atoms with Crippen LogP contribution in [0.1, 0.15) is 40.3 Å². The van der Waals surface area contributed by atoms with Crippen LogP contribution >= 0.6 is 0 Å². The number of aromatic nitrogens is 2. The van der Waals surface area contributed by atoms with Crippen LogP contribution in [-0.4, -0.2) is 21.4 Å². The number of carbonyl (C=O) groups excluding carboxylic acids is 2. The molecule has 0 saturated heterocycles. The van der Waals surface area contributed by atoms with Crippen molar-refractivity contribution in [2.75, 3.05) is 5.32 Å². The summed E-state index contributed by atoms with van der Waals surface area (Å²) in [7, 11) is 0. The highest BCUT2D eigenvalue weighted by Gasteiger charge is 2.20. The van der Waals surface area contributed by atoms with Crippen molar-refractivity contribution in [3.63, 3.8) is 0 Å². The van der Waals surface area contributed by atoms with Crippen molar-refractivity contribution in [1.29, 1.82) is 0 Å². The van der Waals surface area contributed by atoms with Crippen LogP contribution in [0.15, 0.2) is 72.8 Å². The Kier molecular flexibility index (Phi) is 6.03. The van der Waals surface area contributed by atoms with Gasteiger partial charge in [0.25, 0.3) is 5.91 Å². The third-order valence-corrected chi connectivity index (χ3v) is 5.30. The van der Waals surface area contributed by atoms with Crippen LogP contribution in [0, 0.1) is 13.8 Å². The Labute approximate surface area is 187 Å². The molecule has 0 aliphatic carbocycles. The fourth-order valence-electron chi connectivity index (χ4n) is 3.79. The highest BCUT2D eigenvalue weighted by atomic mass is 16.2. The molecule has 0 radical (unpaired) electrons. The minimum absolute atomic E-state index is 0.0917. The van der Waals surface area contributed by atoms with Crippen molar-refractivity contribution < 1.29 is 9.59 Å². The van der Waals surface area contributed by atoms with Crippen molar-refractivity contribution in [3.05, 3.63) is 95.3 Å². The molecule has 32 heavy (non-hydrogen) atoms. The van der Waals surface area contributed by atoms with Gasteiger partial charge >= 0.3 is 0 Å². The average molecular weight is 427 g/mol. The lowest BCUT2D eigenvalue weighted by molar-refractivity contribution is -0.116. The van der Waals surface area contributed by atoms with E-state index in [0.717, 1.165) is 27.8 Å². The summed E-state index contributed by atoms with van der Waals surface area (Å²) >= 11 is 0. The van der Waals surface area contributed by atoms with Gasteiger partial charge < -0.3 is 15.2 Å². The van der Waals surface area contributed by atoms with E-state index in [1.54, 1.807) is 6.07 Å². The molecule has 4 aromatic rings. The highest BCUT2D eigenvalue weighted by molar-refractivity contribution is 5.95. The molecule has 4 rings (SSSR count). The van der Waals surface area contributed by atoms with Crippen LogP contribution in [0.5, 0.6) is 0 Å². The lowest BCUT2D eigenvalue weighted by Crippen LogP contribution is -2.30. The first-order valence-electron chi connectivity index (χ1n) is 10.6. The van der Waals surface area contributed by atoms with Gasteiger partial charge in [0, 0.05) is 11.3 Å². The summed E-state index contributed by atoms with van der Waals surface area (Å²) < 4.78 is 1.86. The maximum atomic E-state index is 12.8. The smallest absolute Gasteiger partial charge is 0.251 e. The largest absolute Gasteiger partial charge is 0.342 e. The molecule has 2 amide bonds. The number of aryl methyl sites for hydroxylation is 2. The van der Waals surface area contributed by atoms with E-state index >= 15 is 0 Å². The van der Waals surface area contributed by atoms with Crippen molar-refractivity contribution >= 4 is 28.5 Å². The normalized spacial score (nSPS) is 11.8. The predicted molar refractivity (Wildman–Crippen MR) is 127 cm³/mol. The number of nitrogens with one attached hydrogen (secondary N) is 2. The van der Waals surface area contributed by atoms with Crippen molar-refractivity contribution in [1.82, 2.24) is 14.9 Å². The number of hydrogen-bond acceptors (Lipinski definition) is 3. The summed E-state index contributed by atoms with van der Waals surface area (Å²) in [5, 5.41) is 5.97. The SMILES string of the molecule is Cc1cccc(NC(=O)Cn2c(C(C)NC(=O)c3cccc(C)c3)nc3ccccc32)c1. The lowest BCUT2D eigenvalue weighted by atomic mass is 10.1. The fraction of sp³-hybridized carbons (Fsp3) is 0.192. The Morgan fingerprint density at radius 2 is 1.66 bits per heavy atom. The molecule has 0 aliphatic heterocycles. The Bertz CT molecular complexity index is 1290. The molecule has 6 nitrogen and oxygen atoms in total. The molecule has 0 saturated carbocycles. The van der Waals surface area contributed by atoms with Gasteiger partial charge in [-0.05, 0) is 62.7 Å². The van der Waals surface area contributed by atoms with Gasteiger partial charge in [0.05, 0.1) is 17.1 Å². The number of benzene rings is 3. The first-order chi connectivity index (χ1) is 15.4. The number of fused-ring (bicyclic) bond motifs is 1. The molecule has 0 bridgehead atoms. The number of rotatable bonds is 6. The maximum Gasteiger partial charge on any atom is 0.251 e. The average Bonchev–Trinajstić information content (AvgIpc) is 3.12. The van der Waals surface area contributed by atoms with E-state index in [9.17, 15) is 9.59 Å². The molecular weight excluding hydrogens is 400 g/mol. The Morgan fingerprint density at radius 1 is 0.938 bits per heavy atom. The summed E-state index contributed by atoms with van der Waals surface area (Å²) in [6, 6.07) is 22.4. The third kappa shape index (κ3) is 4.70. The van der Waals surface area contributed by atoms with Gasteiger partial charge in [-0.2, -0.15) is 0 Å². The standard InChI is InChI=1S/C26H26N4O2/c1-17-8-6-10-20(14-17)26(32)27-19(3)25-29-22-12-4-5-13-23(22)30(25)16-24(31)28-21-11-7-9-18(2)15-21/h4-15,19H,16H2,1-3H3,(H,27,32)(H,28,31). The molecular formula is C26H26N4O2. The van der Waals surface area contributed by atoms with Crippen LogP contribution in [0.2, 0.25) is 0 Å². The minimum Gasteiger partial charge on any atom is -0.342 e. The van der Waals surface area contributed by atoms with E-state index in [-0.39, 0.29) is 24.4 Å². The predicted octanol–water partition coefficient (Wildman–Crippen LogP) is 4.78. The summed E-state index contributed by atoms with van der Waals surface area (Å²) in [6.45, 7) is 5.90. The topological polar surface area (TPSA) is 76.0 Å². The second-order valence-corrected chi connectivity index (χ2v) is 8.03. The van der Waals surface area contributed by atoms with Crippen molar-refractivity contribution in [2.24, 2.45) is 0 Å². The van der Waals surface area contributed by atoms with Crippen LogP contribution in [0.3, 0.4) is 0 Å². The number of carbonyl (C=O) groups is 2. The molecule has 0 fully saturated rings. The Balaban J connectivity index is 1.59. The number of para-hydroxylation sites is 2. The van der Waals surface area contributed by atoms with Crippen LogP contribution in [0.4, 0.5) is 5.69 Å². The number of amides is 2. The zero-order valence-corrected chi connectivity index (χ0v) is 18.4. The van der Waals surface area contributed by atoms with Crippen molar-refractivity contribution in [3.8, 4) is 0 Å². The highest BCUT2D eigenvalue weighted by Crippen LogP contribution is 2.22. The van der Waals surface area contributed by atoms with E-state index in [1.165, 1.54) is 0 Å². The van der Waals surface area contributed by atoms with E-state index in [4.69, 9.17) is 4.98 Å². The van der Waals surface area contributed by atoms with Crippen LogP contribution in [-0.2, 0) is 11.3 Å². The molecule has 1 atom stereocenters. The van der Waals surface area contributed by atoms with E-state index < -0.39 is 0 Å². The van der Waals surface area contributed by atoms with Crippen molar-refractivity contribution in [2.45, 2.75) is 33.4 Å². The first kappa shape index (κ1) is 21.3. The zero-order valence-electron chi connectivity index (χ0n) is 18.4. The second-order valence-electron chi connectivity index (χ2n) is 8.03. The summed E-state index contributed by atoms with van der Waals surface area (Å²) in [5.74, 6) is 0.299. The quantitative estimate of drug-likeness (QED) is 0.466. The molecule has 0 spiro atoms. The fourth-order valence-corrected chi connectivity index (χ4v) is 3.79. The second kappa shape index (κ2) is 9.06. The van der Waals surface area contributed by atoms with Gasteiger partial charge in [-0.15, -0.1) is 0 Å². The Morgan fingerprint density at radius 3 is 2.41 bits per heavy atom. The van der Waals surface area contributed by atoms with Gasteiger partial charge in [-0.25, -0.2) is 4.98 Å².